The maximum Gasteiger partial charge on any atom is 0.163 e. The van der Waals surface area contributed by atoms with E-state index in [1.165, 1.54) is 38.5 Å². The largest absolute Gasteiger partial charge is 0.492 e. The van der Waals surface area contributed by atoms with Gasteiger partial charge in [0.15, 0.2) is 5.78 Å². The Hall–Kier alpha value is -1.83. The van der Waals surface area contributed by atoms with Gasteiger partial charge in [0.05, 0.1) is 12.2 Å². The highest BCUT2D eigenvalue weighted by atomic mass is 16.5. The van der Waals surface area contributed by atoms with Crippen LogP contribution >= 0.6 is 0 Å². The van der Waals surface area contributed by atoms with Crippen molar-refractivity contribution in [3.05, 3.63) is 42.0 Å². The molecule has 0 aliphatic rings. The van der Waals surface area contributed by atoms with Gasteiger partial charge in [0.1, 0.15) is 5.75 Å². The molecule has 0 fully saturated rings. The van der Waals surface area contributed by atoms with Crippen molar-refractivity contribution >= 4 is 16.6 Å². The predicted molar refractivity (Wildman–Crippen MR) is 97.4 cm³/mol. The van der Waals surface area contributed by atoms with Gasteiger partial charge in [-0.25, -0.2) is 0 Å². The molecule has 0 atom stereocenters. The second kappa shape index (κ2) is 9.34. The van der Waals surface area contributed by atoms with Gasteiger partial charge in [-0.05, 0) is 24.8 Å². The molecular weight excluding hydrogens is 284 g/mol. The summed E-state index contributed by atoms with van der Waals surface area (Å²) in [5.41, 5.74) is 0.687. The number of ether oxygens (including phenoxy) is 1. The third-order valence-electron chi connectivity index (χ3n) is 4.25. The molecule has 0 unspecified atom stereocenters. The van der Waals surface area contributed by atoms with Crippen LogP contribution in [0.4, 0.5) is 0 Å². The first-order valence-electron chi connectivity index (χ1n) is 8.89. The van der Waals surface area contributed by atoms with Gasteiger partial charge in [-0.1, -0.05) is 75.8 Å². The molecule has 2 aromatic carbocycles. The number of fused-ring (bicyclic) bond motifs is 1. The monoisotopic (exact) mass is 312 g/mol. The minimum atomic E-state index is 0.0605. The summed E-state index contributed by atoms with van der Waals surface area (Å²) in [7, 11) is 0. The summed E-state index contributed by atoms with van der Waals surface area (Å²) in [5, 5.41) is 2.15. The lowest BCUT2D eigenvalue weighted by molar-refractivity contribution is 0.101. The molecule has 2 rings (SSSR count). The van der Waals surface area contributed by atoms with Crippen molar-refractivity contribution in [3.8, 4) is 5.75 Å². The summed E-state index contributed by atoms with van der Waals surface area (Å²) >= 11 is 0. The summed E-state index contributed by atoms with van der Waals surface area (Å²) < 4.78 is 6.02. The van der Waals surface area contributed by atoms with Crippen LogP contribution in [0, 0.1) is 0 Å². The molecule has 0 aliphatic heterocycles. The van der Waals surface area contributed by atoms with Crippen LogP contribution in [0.2, 0.25) is 0 Å². The molecule has 23 heavy (non-hydrogen) atoms. The van der Waals surface area contributed by atoms with Crippen molar-refractivity contribution in [1.82, 2.24) is 0 Å². The van der Waals surface area contributed by atoms with Crippen molar-refractivity contribution in [3.63, 3.8) is 0 Å². The summed E-state index contributed by atoms with van der Waals surface area (Å²) in [4.78, 5) is 11.9. The van der Waals surface area contributed by atoms with Crippen LogP contribution in [-0.2, 0) is 0 Å². The molecule has 0 saturated carbocycles. The Bertz CT molecular complexity index is 631. The van der Waals surface area contributed by atoms with E-state index in [1.54, 1.807) is 6.92 Å². The van der Waals surface area contributed by atoms with Crippen LogP contribution in [0.3, 0.4) is 0 Å². The number of Topliss-reactive ketones (excluding diaryl/α,β-unsaturated/α-hetero) is 1. The van der Waals surface area contributed by atoms with E-state index in [2.05, 4.69) is 13.0 Å². The van der Waals surface area contributed by atoms with E-state index in [4.69, 9.17) is 4.74 Å². The van der Waals surface area contributed by atoms with E-state index >= 15 is 0 Å². The molecular formula is C21H28O2. The molecule has 0 spiro atoms. The van der Waals surface area contributed by atoms with Crippen molar-refractivity contribution in [1.29, 1.82) is 0 Å². The highest BCUT2D eigenvalue weighted by Gasteiger charge is 2.12. The van der Waals surface area contributed by atoms with Crippen LogP contribution in [0.5, 0.6) is 5.75 Å². The predicted octanol–water partition coefficient (Wildman–Crippen LogP) is 6.17. The van der Waals surface area contributed by atoms with Gasteiger partial charge in [-0.2, -0.15) is 0 Å². The maximum atomic E-state index is 11.9. The molecule has 2 heteroatoms. The van der Waals surface area contributed by atoms with Crippen molar-refractivity contribution < 1.29 is 9.53 Å². The highest BCUT2D eigenvalue weighted by molar-refractivity contribution is 6.03. The molecule has 2 nitrogen and oxygen atoms in total. The summed E-state index contributed by atoms with van der Waals surface area (Å²) in [6.07, 6.45) is 8.82. The summed E-state index contributed by atoms with van der Waals surface area (Å²) in [5.74, 6) is 0.812. The highest BCUT2D eigenvalue weighted by Crippen LogP contribution is 2.30. The molecule has 0 saturated heterocycles. The Kier molecular flexibility index (Phi) is 7.12. The van der Waals surface area contributed by atoms with Crippen molar-refractivity contribution in [2.75, 3.05) is 6.61 Å². The molecule has 2 aromatic rings. The first-order valence-corrected chi connectivity index (χ1v) is 8.89. The van der Waals surface area contributed by atoms with Gasteiger partial charge in [0.25, 0.3) is 0 Å². The Morgan fingerprint density at radius 2 is 1.61 bits per heavy atom. The maximum absolute atomic E-state index is 11.9. The Labute approximate surface area is 139 Å². The van der Waals surface area contributed by atoms with Gasteiger partial charge in [-0.3, -0.25) is 4.79 Å². The summed E-state index contributed by atoms with van der Waals surface area (Å²) in [6, 6.07) is 12.0. The van der Waals surface area contributed by atoms with E-state index in [-0.39, 0.29) is 5.78 Å². The topological polar surface area (TPSA) is 26.3 Å². The number of carbonyl (C=O) groups is 1. The molecule has 0 N–H and O–H groups in total. The minimum absolute atomic E-state index is 0.0605. The number of benzene rings is 2. The van der Waals surface area contributed by atoms with E-state index in [1.807, 2.05) is 30.3 Å². The number of unbranched alkanes of at least 4 members (excludes halogenated alkanes) is 6. The van der Waals surface area contributed by atoms with Crippen LogP contribution in [0.25, 0.3) is 10.8 Å². The molecule has 124 valence electrons. The van der Waals surface area contributed by atoms with E-state index in [9.17, 15) is 4.79 Å². The van der Waals surface area contributed by atoms with Gasteiger partial charge in [-0.15, -0.1) is 0 Å². The normalized spacial score (nSPS) is 10.9. The summed E-state index contributed by atoms with van der Waals surface area (Å²) in [6.45, 7) is 4.53. The molecule has 0 radical (unpaired) electrons. The number of rotatable bonds is 10. The first kappa shape index (κ1) is 17.5. The Morgan fingerprint density at radius 3 is 2.35 bits per heavy atom. The van der Waals surface area contributed by atoms with Gasteiger partial charge in [0, 0.05) is 5.39 Å². The third-order valence-corrected chi connectivity index (χ3v) is 4.25. The second-order valence-corrected chi connectivity index (χ2v) is 6.19. The van der Waals surface area contributed by atoms with Crippen LogP contribution in [-0.4, -0.2) is 12.4 Å². The fraction of sp³-hybridized carbons (Fsp3) is 0.476. The Balaban J connectivity index is 1.93. The molecule has 0 amide bonds. The lowest BCUT2D eigenvalue weighted by Crippen LogP contribution is -2.03. The smallest absolute Gasteiger partial charge is 0.163 e. The fourth-order valence-electron chi connectivity index (χ4n) is 2.91. The lowest BCUT2D eigenvalue weighted by Gasteiger charge is -2.13. The minimum Gasteiger partial charge on any atom is -0.492 e. The fourth-order valence-corrected chi connectivity index (χ4v) is 2.91. The van der Waals surface area contributed by atoms with Gasteiger partial charge in [0.2, 0.25) is 0 Å². The van der Waals surface area contributed by atoms with Crippen LogP contribution in [0.15, 0.2) is 36.4 Å². The lowest BCUT2D eigenvalue weighted by atomic mass is 10.0. The number of ketones is 1. The zero-order valence-electron chi connectivity index (χ0n) is 14.4. The molecule has 0 aliphatic carbocycles. The van der Waals surface area contributed by atoms with E-state index < -0.39 is 0 Å². The van der Waals surface area contributed by atoms with Crippen molar-refractivity contribution in [2.45, 2.75) is 58.8 Å². The zero-order valence-corrected chi connectivity index (χ0v) is 14.4. The van der Waals surface area contributed by atoms with Gasteiger partial charge < -0.3 is 4.74 Å². The van der Waals surface area contributed by atoms with E-state index in [0.717, 1.165) is 22.9 Å². The van der Waals surface area contributed by atoms with E-state index in [0.29, 0.717) is 12.2 Å². The van der Waals surface area contributed by atoms with Crippen LogP contribution < -0.4 is 4.74 Å². The quantitative estimate of drug-likeness (QED) is 0.387. The third kappa shape index (κ3) is 5.09. The molecule has 0 heterocycles. The van der Waals surface area contributed by atoms with Crippen LogP contribution in [0.1, 0.15) is 69.2 Å². The number of carbonyl (C=O) groups excluding carboxylic acids is 1. The SMILES string of the molecule is CCCCCCCCCOc1c(C(C)=O)ccc2ccccc12. The first-order chi connectivity index (χ1) is 11.2. The average molecular weight is 312 g/mol. The molecule has 0 aromatic heterocycles. The van der Waals surface area contributed by atoms with Gasteiger partial charge >= 0.3 is 0 Å². The standard InChI is InChI=1S/C21H28O2/c1-3-4-5-6-7-8-11-16-23-21-19(17(2)22)15-14-18-12-9-10-13-20(18)21/h9-10,12-15H,3-8,11,16H2,1-2H3. The number of hydrogen-bond donors (Lipinski definition) is 0. The Morgan fingerprint density at radius 1 is 0.913 bits per heavy atom. The zero-order chi connectivity index (χ0) is 16.5. The average Bonchev–Trinajstić information content (AvgIpc) is 2.57. The second-order valence-electron chi connectivity index (χ2n) is 6.19. The van der Waals surface area contributed by atoms with Crippen molar-refractivity contribution in [2.24, 2.45) is 0 Å². The molecule has 0 bridgehead atoms. The number of hydrogen-bond acceptors (Lipinski definition) is 2.